The van der Waals surface area contributed by atoms with E-state index in [4.69, 9.17) is 4.42 Å². The zero-order valence-electron chi connectivity index (χ0n) is 13.3. The number of fused-ring (bicyclic) bond motifs is 1. The van der Waals surface area contributed by atoms with Gasteiger partial charge in [-0.2, -0.15) is 10.1 Å². The quantitative estimate of drug-likeness (QED) is 0.268. The molecule has 0 radical (unpaired) electrons. The maximum absolute atomic E-state index is 5.52. The molecule has 3 aromatic rings. The molecule has 7 heteroatoms. The average molecular weight is 386 g/mol. The van der Waals surface area contributed by atoms with Gasteiger partial charge in [0.25, 0.3) is 0 Å². The molecular weight excluding hydrogens is 370 g/mol. The number of halogens is 1. The first kappa shape index (κ1) is 16.3. The molecule has 0 saturated carbocycles. The number of hydrazone groups is 1. The minimum absolute atomic E-state index is 0.0982. The maximum Gasteiger partial charge on any atom is 0.342 e. The third-order valence-corrected chi connectivity index (χ3v) is 3.71. The summed E-state index contributed by atoms with van der Waals surface area (Å²) in [6.07, 6.45) is 0. The van der Waals surface area contributed by atoms with Gasteiger partial charge < -0.3 is 4.42 Å². The Bertz CT molecular complexity index is 850. The number of nitrogens with one attached hydrogen (secondary N) is 1. The van der Waals surface area contributed by atoms with E-state index in [0.717, 1.165) is 15.7 Å². The number of hydrogen-bond donors (Lipinski definition) is 1. The molecule has 0 saturated heterocycles. The van der Waals surface area contributed by atoms with Crippen LogP contribution in [0.25, 0.3) is 11.1 Å². The summed E-state index contributed by atoms with van der Waals surface area (Å²) < 4.78 is 6.53. The number of azo groups is 1. The highest BCUT2D eigenvalue weighted by molar-refractivity contribution is 9.10. The summed E-state index contributed by atoms with van der Waals surface area (Å²) in [5.74, 6) is 0.654. The van der Waals surface area contributed by atoms with Crippen molar-refractivity contribution in [1.29, 1.82) is 0 Å². The smallest absolute Gasteiger partial charge is 0.342 e. The molecule has 0 atom stereocenters. The van der Waals surface area contributed by atoms with E-state index >= 15 is 0 Å². The second kappa shape index (κ2) is 7.35. The predicted octanol–water partition coefficient (Wildman–Crippen LogP) is 5.76. The molecule has 0 fully saturated rings. The predicted molar refractivity (Wildman–Crippen MR) is 98.6 cm³/mol. The summed E-state index contributed by atoms with van der Waals surface area (Å²) in [6.45, 7) is 3.99. The number of para-hydroxylation sites is 2. The van der Waals surface area contributed by atoms with Crippen molar-refractivity contribution in [3.8, 4) is 0 Å². The van der Waals surface area contributed by atoms with Crippen LogP contribution in [0, 0.1) is 5.92 Å². The maximum atomic E-state index is 5.52. The highest BCUT2D eigenvalue weighted by Gasteiger charge is 2.07. The molecule has 0 amide bonds. The molecule has 1 N–H and O–H groups in total. The van der Waals surface area contributed by atoms with Gasteiger partial charge >= 0.3 is 6.01 Å². The van der Waals surface area contributed by atoms with Crippen molar-refractivity contribution < 1.29 is 4.42 Å². The van der Waals surface area contributed by atoms with Crippen molar-refractivity contribution in [2.24, 2.45) is 21.2 Å². The van der Waals surface area contributed by atoms with Gasteiger partial charge in [-0.25, -0.2) is 0 Å². The van der Waals surface area contributed by atoms with Crippen LogP contribution in [0.3, 0.4) is 0 Å². The molecule has 0 bridgehead atoms. The van der Waals surface area contributed by atoms with E-state index in [0.29, 0.717) is 11.4 Å². The largest absolute Gasteiger partial charge is 0.421 e. The summed E-state index contributed by atoms with van der Waals surface area (Å²) in [4.78, 5) is 4.26. The lowest BCUT2D eigenvalue weighted by atomic mass is 10.2. The van der Waals surface area contributed by atoms with E-state index in [-0.39, 0.29) is 11.9 Å². The fourth-order valence-electron chi connectivity index (χ4n) is 1.91. The molecule has 0 aliphatic heterocycles. The number of rotatable bonds is 4. The van der Waals surface area contributed by atoms with Gasteiger partial charge in [0.2, 0.25) is 0 Å². The van der Waals surface area contributed by atoms with Crippen LogP contribution in [0.4, 0.5) is 11.7 Å². The number of aromatic nitrogens is 1. The second-order valence-corrected chi connectivity index (χ2v) is 6.32. The van der Waals surface area contributed by atoms with Crippen LogP contribution in [0.1, 0.15) is 13.8 Å². The molecule has 0 spiro atoms. The van der Waals surface area contributed by atoms with Gasteiger partial charge in [-0.15, -0.1) is 5.11 Å². The summed E-state index contributed by atoms with van der Waals surface area (Å²) in [5, 5.41) is 12.5. The molecule has 3 rings (SSSR count). The van der Waals surface area contributed by atoms with Crippen LogP contribution in [0.5, 0.6) is 0 Å². The summed E-state index contributed by atoms with van der Waals surface area (Å²) >= 11 is 3.40. The zero-order valence-corrected chi connectivity index (χ0v) is 14.9. The van der Waals surface area contributed by atoms with Crippen molar-refractivity contribution in [2.75, 3.05) is 5.43 Å². The Morgan fingerprint density at radius 3 is 2.58 bits per heavy atom. The van der Waals surface area contributed by atoms with Crippen molar-refractivity contribution >= 4 is 44.6 Å². The van der Waals surface area contributed by atoms with Crippen molar-refractivity contribution in [3.63, 3.8) is 0 Å². The fourth-order valence-corrected chi connectivity index (χ4v) is 2.17. The summed E-state index contributed by atoms with van der Waals surface area (Å²) in [6, 6.07) is 15.4. The van der Waals surface area contributed by atoms with Gasteiger partial charge in [-0.3, -0.25) is 5.43 Å². The number of hydrogen-bond acceptors (Lipinski definition) is 5. The molecular formula is C17H16BrN5O. The first-order chi connectivity index (χ1) is 11.6. The van der Waals surface area contributed by atoms with Gasteiger partial charge in [-0.05, 0) is 36.4 Å². The van der Waals surface area contributed by atoms with Crippen LogP contribution >= 0.6 is 15.9 Å². The summed E-state index contributed by atoms with van der Waals surface area (Å²) in [7, 11) is 0. The Labute approximate surface area is 147 Å². The van der Waals surface area contributed by atoms with Crippen LogP contribution in [-0.4, -0.2) is 10.8 Å². The fraction of sp³-hybridized carbons (Fsp3) is 0.176. The Hall–Kier alpha value is -2.54. The molecule has 0 aliphatic carbocycles. The van der Waals surface area contributed by atoms with Crippen LogP contribution in [-0.2, 0) is 0 Å². The Morgan fingerprint density at radius 1 is 1.12 bits per heavy atom. The molecule has 122 valence electrons. The Kier molecular flexibility index (Phi) is 5.00. The normalized spacial score (nSPS) is 12.4. The van der Waals surface area contributed by atoms with Gasteiger partial charge in [0, 0.05) is 10.4 Å². The molecule has 6 nitrogen and oxygen atoms in total. The van der Waals surface area contributed by atoms with Gasteiger partial charge in [0.05, 0.1) is 5.69 Å². The monoisotopic (exact) mass is 385 g/mol. The topological polar surface area (TPSA) is 75.1 Å². The van der Waals surface area contributed by atoms with E-state index in [1.807, 2.05) is 62.4 Å². The highest BCUT2D eigenvalue weighted by Crippen LogP contribution is 2.21. The van der Waals surface area contributed by atoms with Crippen molar-refractivity contribution in [3.05, 3.63) is 53.0 Å². The highest BCUT2D eigenvalue weighted by atomic mass is 79.9. The minimum atomic E-state index is 0.0982. The second-order valence-electron chi connectivity index (χ2n) is 5.41. The Morgan fingerprint density at radius 2 is 1.88 bits per heavy atom. The molecule has 1 aromatic heterocycles. The first-order valence-electron chi connectivity index (χ1n) is 7.48. The number of oxazole rings is 1. The lowest BCUT2D eigenvalue weighted by Crippen LogP contribution is -2.06. The van der Waals surface area contributed by atoms with Gasteiger partial charge in [0.1, 0.15) is 5.52 Å². The van der Waals surface area contributed by atoms with Gasteiger partial charge in [-0.1, -0.05) is 47.0 Å². The first-order valence-corrected chi connectivity index (χ1v) is 8.27. The van der Waals surface area contributed by atoms with E-state index in [1.54, 1.807) is 0 Å². The zero-order chi connectivity index (χ0) is 16.9. The third-order valence-electron chi connectivity index (χ3n) is 3.18. The van der Waals surface area contributed by atoms with Crippen LogP contribution in [0.2, 0.25) is 0 Å². The minimum Gasteiger partial charge on any atom is -0.421 e. The van der Waals surface area contributed by atoms with Crippen LogP contribution in [0.15, 0.2) is 72.8 Å². The van der Waals surface area contributed by atoms with E-state index in [2.05, 4.69) is 41.7 Å². The molecule has 1 heterocycles. The van der Waals surface area contributed by atoms with E-state index < -0.39 is 0 Å². The number of amidine groups is 1. The SMILES string of the molecule is CC(C)C(N=Nc1nc2ccccc2o1)=NNc1ccc(Br)cc1. The van der Waals surface area contributed by atoms with Gasteiger partial charge in [0.15, 0.2) is 11.4 Å². The third kappa shape index (κ3) is 4.05. The average Bonchev–Trinajstić information content (AvgIpc) is 2.99. The number of benzene rings is 2. The molecule has 24 heavy (non-hydrogen) atoms. The Balaban J connectivity index is 1.77. The molecule has 0 aliphatic rings. The van der Waals surface area contributed by atoms with E-state index in [9.17, 15) is 0 Å². The lowest BCUT2D eigenvalue weighted by molar-refractivity contribution is 0.606. The lowest BCUT2D eigenvalue weighted by Gasteiger charge is -2.05. The number of anilines is 1. The van der Waals surface area contributed by atoms with E-state index in [1.165, 1.54) is 0 Å². The number of nitrogens with zero attached hydrogens (tertiary/aromatic N) is 4. The van der Waals surface area contributed by atoms with Crippen molar-refractivity contribution in [1.82, 2.24) is 4.98 Å². The summed E-state index contributed by atoms with van der Waals surface area (Å²) in [5.41, 5.74) is 5.28. The molecule has 2 aromatic carbocycles. The molecule has 0 unspecified atom stereocenters. The van der Waals surface area contributed by atoms with Crippen LogP contribution < -0.4 is 5.43 Å². The standard InChI is InChI=1S/C17H16BrN5O/c1-11(2)16(21-20-13-9-7-12(18)8-10-13)22-23-17-19-14-5-3-4-6-15(14)24-17/h3-11,20H,1-2H3. The van der Waals surface area contributed by atoms with Crippen molar-refractivity contribution in [2.45, 2.75) is 13.8 Å².